The molecule has 0 atom stereocenters. The molecule has 0 radical (unpaired) electrons. The average Bonchev–Trinajstić information content (AvgIpc) is 2.47. The van der Waals surface area contributed by atoms with Crippen LogP contribution in [0.25, 0.3) is 11.3 Å². The molecule has 21 heavy (non-hydrogen) atoms. The standard InChI is InChI=1S/C15H17N3O3/c1-4-16-14-8-6-12(18(19)20)15(17-14)11-9-10(2)5-7-13(11)21-3/h5-9H,4H2,1-3H3,(H,16,17). The number of aryl methyl sites for hydroxylation is 1. The van der Waals surface area contributed by atoms with Crippen LogP contribution in [0.1, 0.15) is 12.5 Å². The molecule has 1 heterocycles. The van der Waals surface area contributed by atoms with Crippen LogP contribution in [0.3, 0.4) is 0 Å². The second-order valence-corrected chi connectivity index (χ2v) is 4.56. The third kappa shape index (κ3) is 3.10. The molecule has 0 unspecified atom stereocenters. The molecule has 1 aromatic heterocycles. The monoisotopic (exact) mass is 287 g/mol. The Labute approximate surface area is 122 Å². The van der Waals surface area contributed by atoms with Crippen LogP contribution in [0, 0.1) is 17.0 Å². The third-order valence-electron chi connectivity index (χ3n) is 3.04. The van der Waals surface area contributed by atoms with Crippen molar-refractivity contribution in [1.82, 2.24) is 4.98 Å². The molecule has 0 saturated heterocycles. The molecule has 0 amide bonds. The average molecular weight is 287 g/mol. The van der Waals surface area contributed by atoms with E-state index in [0.717, 1.165) is 5.56 Å². The number of aromatic nitrogens is 1. The van der Waals surface area contributed by atoms with Gasteiger partial charge in [-0.3, -0.25) is 10.1 Å². The predicted molar refractivity (Wildman–Crippen MR) is 81.8 cm³/mol. The summed E-state index contributed by atoms with van der Waals surface area (Å²) in [5.41, 5.74) is 1.86. The number of ether oxygens (including phenoxy) is 1. The van der Waals surface area contributed by atoms with Crippen molar-refractivity contribution in [3.8, 4) is 17.0 Å². The van der Waals surface area contributed by atoms with E-state index in [1.54, 1.807) is 12.1 Å². The van der Waals surface area contributed by atoms with Gasteiger partial charge in [-0.1, -0.05) is 11.6 Å². The van der Waals surface area contributed by atoms with Crippen molar-refractivity contribution in [2.75, 3.05) is 19.0 Å². The summed E-state index contributed by atoms with van der Waals surface area (Å²) in [4.78, 5) is 15.2. The van der Waals surface area contributed by atoms with Gasteiger partial charge in [-0.05, 0) is 32.0 Å². The zero-order chi connectivity index (χ0) is 15.4. The molecular weight excluding hydrogens is 270 g/mol. The lowest BCUT2D eigenvalue weighted by atomic mass is 10.1. The number of nitro groups is 1. The Bertz CT molecular complexity index is 671. The first-order valence-electron chi connectivity index (χ1n) is 6.61. The van der Waals surface area contributed by atoms with Crippen molar-refractivity contribution < 1.29 is 9.66 Å². The number of benzene rings is 1. The van der Waals surface area contributed by atoms with E-state index in [4.69, 9.17) is 4.74 Å². The van der Waals surface area contributed by atoms with Gasteiger partial charge >= 0.3 is 0 Å². The van der Waals surface area contributed by atoms with Crippen molar-refractivity contribution in [1.29, 1.82) is 0 Å². The van der Waals surface area contributed by atoms with E-state index >= 15 is 0 Å². The summed E-state index contributed by atoms with van der Waals surface area (Å²) in [5, 5.41) is 14.3. The topological polar surface area (TPSA) is 77.3 Å². The maximum absolute atomic E-state index is 11.3. The molecule has 0 aliphatic carbocycles. The minimum absolute atomic E-state index is 0.0412. The predicted octanol–water partition coefficient (Wildman–Crippen LogP) is 3.41. The summed E-state index contributed by atoms with van der Waals surface area (Å²) in [7, 11) is 1.54. The highest BCUT2D eigenvalue weighted by molar-refractivity contribution is 5.76. The zero-order valence-electron chi connectivity index (χ0n) is 12.2. The molecule has 2 aromatic rings. The maximum atomic E-state index is 11.3. The minimum atomic E-state index is -0.431. The van der Waals surface area contributed by atoms with Gasteiger partial charge in [-0.15, -0.1) is 0 Å². The molecule has 1 N–H and O–H groups in total. The van der Waals surface area contributed by atoms with Crippen molar-refractivity contribution in [3.05, 3.63) is 46.0 Å². The minimum Gasteiger partial charge on any atom is -0.496 e. The molecule has 6 nitrogen and oxygen atoms in total. The quantitative estimate of drug-likeness (QED) is 0.673. The Morgan fingerprint density at radius 2 is 2.10 bits per heavy atom. The van der Waals surface area contributed by atoms with Crippen LogP contribution in [-0.4, -0.2) is 23.6 Å². The van der Waals surface area contributed by atoms with E-state index in [-0.39, 0.29) is 5.69 Å². The SMILES string of the molecule is CCNc1ccc([N+](=O)[O-])c(-c2cc(C)ccc2OC)n1. The number of methoxy groups -OCH3 is 1. The van der Waals surface area contributed by atoms with Crippen molar-refractivity contribution in [2.45, 2.75) is 13.8 Å². The molecule has 0 spiro atoms. The number of pyridine rings is 1. The highest BCUT2D eigenvalue weighted by Crippen LogP contribution is 2.36. The van der Waals surface area contributed by atoms with Crippen LogP contribution in [0.15, 0.2) is 30.3 Å². The normalized spacial score (nSPS) is 10.2. The van der Waals surface area contributed by atoms with Gasteiger partial charge in [0.05, 0.1) is 12.0 Å². The Hall–Kier alpha value is -2.63. The van der Waals surface area contributed by atoms with Gasteiger partial charge in [0, 0.05) is 18.2 Å². The van der Waals surface area contributed by atoms with Crippen molar-refractivity contribution in [2.24, 2.45) is 0 Å². The number of anilines is 1. The van der Waals surface area contributed by atoms with Gasteiger partial charge in [0.2, 0.25) is 0 Å². The molecule has 0 bridgehead atoms. The summed E-state index contributed by atoms with van der Waals surface area (Å²) in [6.45, 7) is 4.55. The number of rotatable bonds is 5. The summed E-state index contributed by atoms with van der Waals surface area (Å²) >= 11 is 0. The Kier molecular flexibility index (Phi) is 4.37. The van der Waals surface area contributed by atoms with E-state index in [9.17, 15) is 10.1 Å². The van der Waals surface area contributed by atoms with Crippen molar-refractivity contribution >= 4 is 11.5 Å². The molecule has 1 aromatic carbocycles. The molecule has 6 heteroatoms. The smallest absolute Gasteiger partial charge is 0.295 e. The van der Waals surface area contributed by atoms with Gasteiger partial charge < -0.3 is 10.1 Å². The summed E-state index contributed by atoms with van der Waals surface area (Å²) in [6, 6.07) is 8.58. The molecule has 0 aliphatic heterocycles. The van der Waals surface area contributed by atoms with Crippen LogP contribution >= 0.6 is 0 Å². The lowest BCUT2D eigenvalue weighted by Crippen LogP contribution is -2.03. The Morgan fingerprint density at radius 1 is 1.33 bits per heavy atom. The highest BCUT2D eigenvalue weighted by atomic mass is 16.6. The van der Waals surface area contributed by atoms with Crippen LogP contribution < -0.4 is 10.1 Å². The molecular formula is C15H17N3O3. The van der Waals surface area contributed by atoms with Gasteiger partial charge in [0.25, 0.3) is 5.69 Å². The second kappa shape index (κ2) is 6.21. The highest BCUT2D eigenvalue weighted by Gasteiger charge is 2.20. The second-order valence-electron chi connectivity index (χ2n) is 4.56. The fraction of sp³-hybridized carbons (Fsp3) is 0.267. The Morgan fingerprint density at radius 3 is 2.71 bits per heavy atom. The molecule has 0 fully saturated rings. The lowest BCUT2D eigenvalue weighted by molar-refractivity contribution is -0.384. The van der Waals surface area contributed by atoms with E-state index in [2.05, 4.69) is 10.3 Å². The van der Waals surface area contributed by atoms with E-state index in [1.807, 2.05) is 26.0 Å². The van der Waals surface area contributed by atoms with E-state index in [1.165, 1.54) is 13.2 Å². The summed E-state index contributed by atoms with van der Waals surface area (Å²) < 4.78 is 5.31. The molecule has 2 rings (SSSR count). The number of hydrogen-bond acceptors (Lipinski definition) is 5. The zero-order valence-corrected chi connectivity index (χ0v) is 12.2. The molecule has 110 valence electrons. The first-order chi connectivity index (χ1) is 10.1. The maximum Gasteiger partial charge on any atom is 0.295 e. The van der Waals surface area contributed by atoms with Crippen LogP contribution in [-0.2, 0) is 0 Å². The fourth-order valence-corrected chi connectivity index (χ4v) is 2.08. The Balaban J connectivity index is 2.67. The fourth-order valence-electron chi connectivity index (χ4n) is 2.08. The van der Waals surface area contributed by atoms with E-state index in [0.29, 0.717) is 29.4 Å². The van der Waals surface area contributed by atoms with Crippen LogP contribution in [0.2, 0.25) is 0 Å². The largest absolute Gasteiger partial charge is 0.496 e. The van der Waals surface area contributed by atoms with Crippen LogP contribution in [0.4, 0.5) is 11.5 Å². The summed E-state index contributed by atoms with van der Waals surface area (Å²) in [5.74, 6) is 1.16. The number of nitrogens with zero attached hydrogens (tertiary/aromatic N) is 2. The lowest BCUT2D eigenvalue weighted by Gasteiger charge is -2.11. The van der Waals surface area contributed by atoms with Gasteiger partial charge in [0.1, 0.15) is 11.6 Å². The molecule has 0 aliphatic rings. The number of nitrogens with one attached hydrogen (secondary N) is 1. The van der Waals surface area contributed by atoms with Gasteiger partial charge in [-0.2, -0.15) is 0 Å². The van der Waals surface area contributed by atoms with Gasteiger partial charge in [0.15, 0.2) is 5.69 Å². The first-order valence-corrected chi connectivity index (χ1v) is 6.61. The van der Waals surface area contributed by atoms with E-state index < -0.39 is 4.92 Å². The molecule has 0 saturated carbocycles. The van der Waals surface area contributed by atoms with Crippen molar-refractivity contribution in [3.63, 3.8) is 0 Å². The van der Waals surface area contributed by atoms with Crippen LogP contribution in [0.5, 0.6) is 5.75 Å². The third-order valence-corrected chi connectivity index (χ3v) is 3.04. The van der Waals surface area contributed by atoms with Gasteiger partial charge in [-0.25, -0.2) is 4.98 Å². The summed E-state index contributed by atoms with van der Waals surface area (Å²) in [6.07, 6.45) is 0. The number of hydrogen-bond donors (Lipinski definition) is 1. The first kappa shape index (κ1) is 14.8.